The summed E-state index contributed by atoms with van der Waals surface area (Å²) in [4.78, 5) is 0. The van der Waals surface area contributed by atoms with Crippen molar-refractivity contribution in [1.29, 1.82) is 0 Å². The second kappa shape index (κ2) is 9.32. The van der Waals surface area contributed by atoms with Gasteiger partial charge in [-0.15, -0.1) is 0 Å². The molecule has 0 aliphatic carbocycles. The minimum Gasteiger partial charge on any atom is -0.377 e. The highest BCUT2D eigenvalue weighted by atomic mass is 16.5. The van der Waals surface area contributed by atoms with Crippen LogP contribution in [0, 0.1) is 0 Å². The quantitative estimate of drug-likeness (QED) is 0.698. The average Bonchev–Trinajstić information content (AvgIpc) is 2.54. The fourth-order valence-electron chi connectivity index (χ4n) is 2.25. The molecule has 0 radical (unpaired) electrons. The third-order valence-corrected chi connectivity index (χ3v) is 3.53. The summed E-state index contributed by atoms with van der Waals surface area (Å²) in [5.41, 5.74) is 2.58. The van der Waals surface area contributed by atoms with Crippen LogP contribution < -0.4 is 5.32 Å². The lowest BCUT2D eigenvalue weighted by Gasteiger charge is -2.14. The van der Waals surface area contributed by atoms with Crippen molar-refractivity contribution in [3.63, 3.8) is 0 Å². The van der Waals surface area contributed by atoms with Crippen LogP contribution >= 0.6 is 0 Å². The maximum atomic E-state index is 5.71. The van der Waals surface area contributed by atoms with Crippen LogP contribution in [0.5, 0.6) is 0 Å². The highest BCUT2D eigenvalue weighted by Gasteiger charge is 2.01. The SMILES string of the molecule is CC(CCCOCc1ccccc1)NCc1ccccc1. The van der Waals surface area contributed by atoms with Gasteiger partial charge in [0.1, 0.15) is 0 Å². The van der Waals surface area contributed by atoms with Crippen molar-refractivity contribution in [1.82, 2.24) is 5.32 Å². The maximum absolute atomic E-state index is 5.71. The minimum absolute atomic E-state index is 0.519. The normalized spacial score (nSPS) is 12.2. The van der Waals surface area contributed by atoms with Crippen LogP contribution in [0.15, 0.2) is 60.7 Å². The van der Waals surface area contributed by atoms with Gasteiger partial charge in [0.05, 0.1) is 6.61 Å². The van der Waals surface area contributed by atoms with E-state index in [0.29, 0.717) is 12.6 Å². The van der Waals surface area contributed by atoms with Crippen LogP contribution in [-0.4, -0.2) is 12.6 Å². The Morgan fingerprint density at radius 2 is 1.52 bits per heavy atom. The number of nitrogens with one attached hydrogen (secondary N) is 1. The molecule has 2 rings (SSSR count). The van der Waals surface area contributed by atoms with Crippen molar-refractivity contribution in [2.24, 2.45) is 0 Å². The third kappa shape index (κ3) is 6.56. The van der Waals surface area contributed by atoms with E-state index in [4.69, 9.17) is 4.74 Å². The van der Waals surface area contributed by atoms with Crippen molar-refractivity contribution >= 4 is 0 Å². The summed E-state index contributed by atoms with van der Waals surface area (Å²) in [6.07, 6.45) is 2.23. The van der Waals surface area contributed by atoms with E-state index < -0.39 is 0 Å². The number of hydrogen-bond donors (Lipinski definition) is 1. The number of benzene rings is 2. The van der Waals surface area contributed by atoms with E-state index in [0.717, 1.165) is 26.0 Å². The van der Waals surface area contributed by atoms with E-state index in [1.54, 1.807) is 0 Å². The first-order valence-corrected chi connectivity index (χ1v) is 7.73. The highest BCUT2D eigenvalue weighted by Crippen LogP contribution is 2.04. The lowest BCUT2D eigenvalue weighted by molar-refractivity contribution is 0.115. The Kier molecular flexibility index (Phi) is 6.99. The molecule has 0 amide bonds. The standard InChI is InChI=1S/C19H25NO/c1-17(20-15-18-10-4-2-5-11-18)9-8-14-21-16-19-12-6-3-7-13-19/h2-7,10-13,17,20H,8-9,14-16H2,1H3. The zero-order chi connectivity index (χ0) is 14.8. The van der Waals surface area contributed by atoms with E-state index in [1.807, 2.05) is 18.2 Å². The van der Waals surface area contributed by atoms with Gasteiger partial charge in [-0.05, 0) is 30.9 Å². The molecule has 1 N–H and O–H groups in total. The molecule has 2 nitrogen and oxygen atoms in total. The Balaban J connectivity index is 1.52. The molecule has 0 heterocycles. The topological polar surface area (TPSA) is 21.3 Å². The molecule has 21 heavy (non-hydrogen) atoms. The average molecular weight is 283 g/mol. The first kappa shape index (κ1) is 15.7. The molecule has 0 aliphatic rings. The van der Waals surface area contributed by atoms with E-state index in [1.165, 1.54) is 11.1 Å². The molecule has 0 saturated heterocycles. The van der Waals surface area contributed by atoms with Crippen LogP contribution in [0.1, 0.15) is 30.9 Å². The molecular weight excluding hydrogens is 258 g/mol. The van der Waals surface area contributed by atoms with Gasteiger partial charge in [-0.2, -0.15) is 0 Å². The summed E-state index contributed by atoms with van der Waals surface area (Å²) in [6, 6.07) is 21.4. The van der Waals surface area contributed by atoms with Crippen LogP contribution in [-0.2, 0) is 17.9 Å². The van der Waals surface area contributed by atoms with E-state index in [9.17, 15) is 0 Å². The zero-order valence-electron chi connectivity index (χ0n) is 12.8. The van der Waals surface area contributed by atoms with E-state index in [2.05, 4.69) is 54.7 Å². The first-order valence-electron chi connectivity index (χ1n) is 7.73. The lowest BCUT2D eigenvalue weighted by Crippen LogP contribution is -2.25. The smallest absolute Gasteiger partial charge is 0.0716 e. The Morgan fingerprint density at radius 3 is 2.19 bits per heavy atom. The molecule has 2 aromatic rings. The Hall–Kier alpha value is -1.64. The van der Waals surface area contributed by atoms with Crippen LogP contribution in [0.25, 0.3) is 0 Å². The lowest BCUT2D eigenvalue weighted by atomic mass is 10.1. The summed E-state index contributed by atoms with van der Waals surface area (Å²) in [6.45, 7) is 4.71. The van der Waals surface area contributed by atoms with Crippen molar-refractivity contribution in [3.8, 4) is 0 Å². The van der Waals surface area contributed by atoms with Crippen LogP contribution in [0.4, 0.5) is 0 Å². The Bertz CT molecular complexity index is 483. The minimum atomic E-state index is 0.519. The largest absolute Gasteiger partial charge is 0.377 e. The van der Waals surface area contributed by atoms with E-state index in [-0.39, 0.29) is 0 Å². The molecule has 112 valence electrons. The second-order valence-electron chi connectivity index (χ2n) is 5.45. The van der Waals surface area contributed by atoms with Gasteiger partial charge < -0.3 is 10.1 Å². The molecule has 0 saturated carbocycles. The van der Waals surface area contributed by atoms with Gasteiger partial charge in [-0.3, -0.25) is 0 Å². The number of ether oxygens (including phenoxy) is 1. The predicted molar refractivity (Wildman–Crippen MR) is 88.1 cm³/mol. The number of hydrogen-bond acceptors (Lipinski definition) is 2. The Morgan fingerprint density at radius 1 is 0.905 bits per heavy atom. The van der Waals surface area contributed by atoms with Gasteiger partial charge in [0.15, 0.2) is 0 Å². The van der Waals surface area contributed by atoms with Crippen LogP contribution in [0.2, 0.25) is 0 Å². The van der Waals surface area contributed by atoms with Gasteiger partial charge in [-0.1, -0.05) is 60.7 Å². The van der Waals surface area contributed by atoms with Crippen molar-refractivity contribution in [3.05, 3.63) is 71.8 Å². The second-order valence-corrected chi connectivity index (χ2v) is 5.45. The fraction of sp³-hybridized carbons (Fsp3) is 0.368. The third-order valence-electron chi connectivity index (χ3n) is 3.53. The maximum Gasteiger partial charge on any atom is 0.0716 e. The molecule has 0 bridgehead atoms. The molecule has 2 heteroatoms. The predicted octanol–water partition coefficient (Wildman–Crippen LogP) is 4.16. The van der Waals surface area contributed by atoms with Gasteiger partial charge in [-0.25, -0.2) is 0 Å². The summed E-state index contributed by atoms with van der Waals surface area (Å²) in [5.74, 6) is 0. The number of rotatable bonds is 9. The van der Waals surface area contributed by atoms with Gasteiger partial charge in [0.2, 0.25) is 0 Å². The van der Waals surface area contributed by atoms with Crippen molar-refractivity contribution in [2.75, 3.05) is 6.61 Å². The molecule has 0 aliphatic heterocycles. The first-order chi connectivity index (χ1) is 10.3. The van der Waals surface area contributed by atoms with E-state index >= 15 is 0 Å². The zero-order valence-corrected chi connectivity index (χ0v) is 12.8. The van der Waals surface area contributed by atoms with Gasteiger partial charge in [0.25, 0.3) is 0 Å². The highest BCUT2D eigenvalue weighted by molar-refractivity contribution is 5.14. The molecule has 0 fully saturated rings. The summed E-state index contributed by atoms with van der Waals surface area (Å²) < 4.78 is 5.71. The summed E-state index contributed by atoms with van der Waals surface area (Å²) >= 11 is 0. The molecule has 0 aromatic heterocycles. The van der Waals surface area contributed by atoms with Gasteiger partial charge in [0, 0.05) is 19.2 Å². The van der Waals surface area contributed by atoms with Crippen LogP contribution in [0.3, 0.4) is 0 Å². The summed E-state index contributed by atoms with van der Waals surface area (Å²) in [7, 11) is 0. The molecule has 1 atom stereocenters. The molecule has 0 spiro atoms. The van der Waals surface area contributed by atoms with Gasteiger partial charge >= 0.3 is 0 Å². The molecular formula is C19H25NO. The Labute approximate surface area is 128 Å². The summed E-state index contributed by atoms with van der Waals surface area (Å²) in [5, 5.41) is 3.55. The molecule has 2 aromatic carbocycles. The monoisotopic (exact) mass is 283 g/mol. The molecule has 1 unspecified atom stereocenters. The van der Waals surface area contributed by atoms with Crippen molar-refractivity contribution < 1.29 is 4.74 Å². The fourth-order valence-corrected chi connectivity index (χ4v) is 2.25. The van der Waals surface area contributed by atoms with Crippen molar-refractivity contribution in [2.45, 2.75) is 39.0 Å².